The van der Waals surface area contributed by atoms with Gasteiger partial charge in [-0.15, -0.1) is 0 Å². The van der Waals surface area contributed by atoms with Gasteiger partial charge in [-0.05, 0) is 38.0 Å². The van der Waals surface area contributed by atoms with Crippen molar-refractivity contribution >= 4 is 5.91 Å². The molecule has 1 aliphatic heterocycles. The van der Waals surface area contributed by atoms with E-state index in [1.807, 2.05) is 0 Å². The molecule has 0 saturated carbocycles. The third-order valence-corrected chi connectivity index (χ3v) is 5.13. The second-order valence-electron chi connectivity index (χ2n) is 6.86. The minimum absolute atomic E-state index is 0.298. The number of carbonyl (C=O) groups is 1. The molecular formula is C18H36N2O. The van der Waals surface area contributed by atoms with Crippen LogP contribution in [0.2, 0.25) is 0 Å². The van der Waals surface area contributed by atoms with Crippen molar-refractivity contribution in [2.75, 3.05) is 19.6 Å². The molecule has 0 bridgehead atoms. The molecule has 3 nitrogen and oxygen atoms in total. The number of rotatable bonds is 8. The Morgan fingerprint density at radius 1 is 1.10 bits per heavy atom. The van der Waals surface area contributed by atoms with Crippen molar-refractivity contribution in [1.29, 1.82) is 0 Å². The summed E-state index contributed by atoms with van der Waals surface area (Å²) in [6.07, 6.45) is 10.1. The third kappa shape index (κ3) is 4.98. The summed E-state index contributed by atoms with van der Waals surface area (Å²) >= 11 is 0. The van der Waals surface area contributed by atoms with E-state index in [0.29, 0.717) is 12.5 Å². The zero-order chi connectivity index (χ0) is 15.7. The Hall–Kier alpha value is -0.570. The van der Waals surface area contributed by atoms with Crippen LogP contribution >= 0.6 is 0 Å². The minimum Gasteiger partial charge on any atom is -0.342 e. The lowest BCUT2D eigenvalue weighted by Gasteiger charge is -2.36. The molecule has 1 amide bonds. The first-order chi connectivity index (χ1) is 10.1. The average Bonchev–Trinajstić information content (AvgIpc) is 2.72. The first kappa shape index (κ1) is 18.5. The standard InChI is InChI=1S/C18H36N2O/c1-4-8-16-9-7-13-20(14-10-16)17(21)18(15-19,11-5-2)12-6-3/h16H,4-15,19H2,1-3H3. The van der Waals surface area contributed by atoms with Gasteiger partial charge in [0, 0.05) is 19.6 Å². The Morgan fingerprint density at radius 2 is 1.76 bits per heavy atom. The van der Waals surface area contributed by atoms with Gasteiger partial charge in [0.2, 0.25) is 5.91 Å². The van der Waals surface area contributed by atoms with Crippen molar-refractivity contribution in [2.24, 2.45) is 17.1 Å². The Kier molecular flexibility index (Phi) is 8.31. The highest BCUT2D eigenvalue weighted by Gasteiger charge is 2.38. The summed E-state index contributed by atoms with van der Waals surface area (Å²) in [6.45, 7) is 8.96. The first-order valence-corrected chi connectivity index (χ1v) is 9.13. The molecule has 124 valence electrons. The smallest absolute Gasteiger partial charge is 0.230 e. The van der Waals surface area contributed by atoms with Crippen LogP contribution in [0.25, 0.3) is 0 Å². The lowest BCUT2D eigenvalue weighted by Crippen LogP contribution is -2.48. The fourth-order valence-corrected chi connectivity index (χ4v) is 3.99. The topological polar surface area (TPSA) is 46.3 Å². The highest BCUT2D eigenvalue weighted by Crippen LogP contribution is 2.33. The number of amides is 1. The highest BCUT2D eigenvalue weighted by molar-refractivity contribution is 5.83. The van der Waals surface area contributed by atoms with Gasteiger partial charge < -0.3 is 10.6 Å². The molecule has 1 saturated heterocycles. The quantitative estimate of drug-likeness (QED) is 0.737. The van der Waals surface area contributed by atoms with Crippen LogP contribution < -0.4 is 5.73 Å². The molecule has 1 aliphatic rings. The Labute approximate surface area is 131 Å². The van der Waals surface area contributed by atoms with Gasteiger partial charge in [0.05, 0.1) is 5.41 Å². The van der Waals surface area contributed by atoms with Crippen LogP contribution in [-0.4, -0.2) is 30.4 Å². The highest BCUT2D eigenvalue weighted by atomic mass is 16.2. The fourth-order valence-electron chi connectivity index (χ4n) is 3.99. The fraction of sp³-hybridized carbons (Fsp3) is 0.944. The molecule has 1 rings (SSSR count). The second-order valence-corrected chi connectivity index (χ2v) is 6.86. The van der Waals surface area contributed by atoms with E-state index in [1.54, 1.807) is 0 Å². The van der Waals surface area contributed by atoms with E-state index in [4.69, 9.17) is 5.73 Å². The van der Waals surface area contributed by atoms with Crippen molar-refractivity contribution < 1.29 is 4.79 Å². The number of nitrogens with zero attached hydrogens (tertiary/aromatic N) is 1. The summed E-state index contributed by atoms with van der Waals surface area (Å²) in [5.74, 6) is 1.16. The first-order valence-electron chi connectivity index (χ1n) is 9.13. The van der Waals surface area contributed by atoms with Gasteiger partial charge in [0.15, 0.2) is 0 Å². The van der Waals surface area contributed by atoms with Crippen molar-refractivity contribution in [2.45, 2.75) is 78.6 Å². The number of hydrogen-bond donors (Lipinski definition) is 1. The van der Waals surface area contributed by atoms with Crippen LogP contribution in [0.3, 0.4) is 0 Å². The van der Waals surface area contributed by atoms with Gasteiger partial charge in [0.1, 0.15) is 0 Å². The van der Waals surface area contributed by atoms with Crippen LogP contribution in [-0.2, 0) is 4.79 Å². The Morgan fingerprint density at radius 3 is 2.29 bits per heavy atom. The predicted octanol–water partition coefficient (Wildman–Crippen LogP) is 3.96. The Balaban J connectivity index is 2.74. The van der Waals surface area contributed by atoms with Crippen LogP contribution in [0.1, 0.15) is 78.6 Å². The normalized spacial score (nSPS) is 20.4. The molecule has 0 aromatic rings. The van der Waals surface area contributed by atoms with Gasteiger partial charge >= 0.3 is 0 Å². The van der Waals surface area contributed by atoms with E-state index in [-0.39, 0.29) is 5.41 Å². The Bertz CT molecular complexity index is 298. The van der Waals surface area contributed by atoms with Gasteiger partial charge in [-0.25, -0.2) is 0 Å². The number of nitrogens with two attached hydrogens (primary N) is 1. The maximum atomic E-state index is 13.1. The maximum Gasteiger partial charge on any atom is 0.230 e. The summed E-state index contributed by atoms with van der Waals surface area (Å²) in [5.41, 5.74) is 5.76. The summed E-state index contributed by atoms with van der Waals surface area (Å²) in [6, 6.07) is 0. The van der Waals surface area contributed by atoms with Crippen molar-refractivity contribution in [3.05, 3.63) is 0 Å². The third-order valence-electron chi connectivity index (χ3n) is 5.13. The molecule has 0 aromatic carbocycles. The lowest BCUT2D eigenvalue weighted by molar-refractivity contribution is -0.142. The molecule has 0 aromatic heterocycles. The van der Waals surface area contributed by atoms with E-state index in [2.05, 4.69) is 25.7 Å². The summed E-state index contributed by atoms with van der Waals surface area (Å²) < 4.78 is 0. The van der Waals surface area contributed by atoms with Gasteiger partial charge in [-0.1, -0.05) is 46.5 Å². The van der Waals surface area contributed by atoms with Crippen LogP contribution in [0.5, 0.6) is 0 Å². The van der Waals surface area contributed by atoms with E-state index in [0.717, 1.165) is 51.1 Å². The molecule has 1 unspecified atom stereocenters. The number of likely N-dealkylation sites (tertiary alicyclic amines) is 1. The van der Waals surface area contributed by atoms with Gasteiger partial charge in [-0.3, -0.25) is 4.79 Å². The predicted molar refractivity (Wildman–Crippen MR) is 90.1 cm³/mol. The molecule has 21 heavy (non-hydrogen) atoms. The monoisotopic (exact) mass is 296 g/mol. The SMILES string of the molecule is CCCC1CCCN(C(=O)C(CN)(CCC)CCC)CC1. The molecule has 0 spiro atoms. The van der Waals surface area contributed by atoms with Gasteiger partial charge in [0.25, 0.3) is 0 Å². The molecule has 3 heteroatoms. The average molecular weight is 296 g/mol. The van der Waals surface area contributed by atoms with Crippen LogP contribution in [0.15, 0.2) is 0 Å². The molecule has 1 fully saturated rings. The van der Waals surface area contributed by atoms with E-state index < -0.39 is 0 Å². The summed E-state index contributed by atoms with van der Waals surface area (Å²) in [4.78, 5) is 15.2. The molecule has 0 aliphatic carbocycles. The molecule has 0 radical (unpaired) electrons. The largest absolute Gasteiger partial charge is 0.342 e. The molecule has 1 atom stereocenters. The zero-order valence-corrected chi connectivity index (χ0v) is 14.5. The lowest BCUT2D eigenvalue weighted by atomic mass is 9.78. The van der Waals surface area contributed by atoms with Crippen LogP contribution in [0.4, 0.5) is 0 Å². The number of carbonyl (C=O) groups excluding carboxylic acids is 1. The number of hydrogen-bond acceptors (Lipinski definition) is 2. The van der Waals surface area contributed by atoms with Crippen molar-refractivity contribution in [1.82, 2.24) is 4.90 Å². The summed E-state index contributed by atoms with van der Waals surface area (Å²) in [5, 5.41) is 0. The molecule has 1 heterocycles. The van der Waals surface area contributed by atoms with Gasteiger partial charge in [-0.2, -0.15) is 0 Å². The summed E-state index contributed by atoms with van der Waals surface area (Å²) in [7, 11) is 0. The zero-order valence-electron chi connectivity index (χ0n) is 14.5. The second kappa shape index (κ2) is 9.45. The van der Waals surface area contributed by atoms with E-state index >= 15 is 0 Å². The maximum absolute atomic E-state index is 13.1. The minimum atomic E-state index is -0.298. The van der Waals surface area contributed by atoms with Crippen molar-refractivity contribution in [3.63, 3.8) is 0 Å². The van der Waals surface area contributed by atoms with Crippen LogP contribution in [0, 0.1) is 11.3 Å². The van der Waals surface area contributed by atoms with Crippen molar-refractivity contribution in [3.8, 4) is 0 Å². The van der Waals surface area contributed by atoms with E-state index in [9.17, 15) is 4.79 Å². The molecule has 2 N–H and O–H groups in total. The molecular weight excluding hydrogens is 260 g/mol. The van der Waals surface area contributed by atoms with E-state index in [1.165, 1.54) is 25.7 Å².